The summed E-state index contributed by atoms with van der Waals surface area (Å²) in [5.41, 5.74) is 5.59. The smallest absolute Gasteiger partial charge is 0.326 e. The number of aliphatic carboxylic acids is 1. The molecular weight excluding hydrogens is 338 g/mol. The topological polar surface area (TPSA) is 122 Å². The summed E-state index contributed by atoms with van der Waals surface area (Å²) in [6, 6.07) is -2.60. The van der Waals surface area contributed by atoms with Gasteiger partial charge < -0.3 is 21.5 Å². The molecular formula is C14H27N3O4S2. The molecule has 2 amide bonds. The van der Waals surface area contributed by atoms with Crippen molar-refractivity contribution in [3.63, 3.8) is 0 Å². The SMILES string of the molecule is CSCCC(NC(=O)C(N)CS)C(=O)NC(CC(C)C)C(=O)O. The summed E-state index contributed by atoms with van der Waals surface area (Å²) in [6.45, 7) is 3.75. The minimum Gasteiger partial charge on any atom is -0.480 e. The van der Waals surface area contributed by atoms with Crippen molar-refractivity contribution in [2.45, 2.75) is 44.8 Å². The van der Waals surface area contributed by atoms with Crippen LogP contribution in [-0.2, 0) is 14.4 Å². The van der Waals surface area contributed by atoms with Gasteiger partial charge in [0.15, 0.2) is 0 Å². The number of rotatable bonds is 11. The van der Waals surface area contributed by atoms with Crippen LogP contribution < -0.4 is 16.4 Å². The van der Waals surface area contributed by atoms with Crippen LogP contribution in [0.4, 0.5) is 0 Å². The molecule has 0 aromatic heterocycles. The van der Waals surface area contributed by atoms with Crippen molar-refractivity contribution < 1.29 is 19.5 Å². The molecule has 3 atom stereocenters. The molecule has 0 bridgehead atoms. The van der Waals surface area contributed by atoms with Gasteiger partial charge in [-0.1, -0.05) is 13.8 Å². The molecule has 3 unspecified atom stereocenters. The van der Waals surface area contributed by atoms with Crippen molar-refractivity contribution in [2.75, 3.05) is 17.8 Å². The normalized spacial score (nSPS) is 14.9. The van der Waals surface area contributed by atoms with E-state index in [1.165, 1.54) is 11.8 Å². The molecule has 0 heterocycles. The Labute approximate surface area is 146 Å². The molecule has 0 spiro atoms. The molecule has 7 nitrogen and oxygen atoms in total. The van der Waals surface area contributed by atoms with Crippen molar-refractivity contribution in [1.82, 2.24) is 10.6 Å². The average molecular weight is 366 g/mol. The third-order valence-corrected chi connectivity index (χ3v) is 4.14. The fourth-order valence-corrected chi connectivity index (χ4v) is 2.47. The number of carboxylic acid groups (broad SMARTS) is 1. The van der Waals surface area contributed by atoms with Crippen molar-refractivity contribution in [1.29, 1.82) is 0 Å². The van der Waals surface area contributed by atoms with E-state index in [0.29, 0.717) is 18.6 Å². The number of thiol groups is 1. The Morgan fingerprint density at radius 1 is 1.17 bits per heavy atom. The molecule has 0 aliphatic carbocycles. The standard InChI is InChI=1S/C14H27N3O4S2/c1-8(2)6-11(14(20)21)17-13(19)10(4-5-23-3)16-12(18)9(15)7-22/h8-11,22H,4-7,15H2,1-3H3,(H,16,18)(H,17,19)(H,20,21). The lowest BCUT2D eigenvalue weighted by molar-refractivity contribution is -0.142. The Bertz CT molecular complexity index is 407. The van der Waals surface area contributed by atoms with Gasteiger partial charge in [-0.25, -0.2) is 4.79 Å². The molecule has 9 heteroatoms. The van der Waals surface area contributed by atoms with Crippen molar-refractivity contribution in [3.8, 4) is 0 Å². The minimum atomic E-state index is -1.09. The second kappa shape index (κ2) is 11.6. The van der Waals surface area contributed by atoms with E-state index in [0.717, 1.165) is 0 Å². The summed E-state index contributed by atoms with van der Waals surface area (Å²) in [5, 5.41) is 14.3. The first kappa shape index (κ1) is 22.1. The van der Waals surface area contributed by atoms with Gasteiger partial charge in [-0.3, -0.25) is 9.59 Å². The number of hydrogen-bond donors (Lipinski definition) is 5. The quantitative estimate of drug-likeness (QED) is 0.331. The predicted octanol–water partition coefficient (Wildman–Crippen LogP) is 0.0969. The monoisotopic (exact) mass is 365 g/mol. The van der Waals surface area contributed by atoms with Crippen LogP contribution in [0.1, 0.15) is 26.7 Å². The van der Waals surface area contributed by atoms with Crippen LogP contribution in [0.25, 0.3) is 0 Å². The lowest BCUT2D eigenvalue weighted by atomic mass is 10.0. The molecule has 0 aliphatic heterocycles. The number of carbonyl (C=O) groups is 3. The number of thioether (sulfide) groups is 1. The Kier molecular flexibility index (Phi) is 11.1. The molecule has 23 heavy (non-hydrogen) atoms. The Hall–Kier alpha value is -0.930. The highest BCUT2D eigenvalue weighted by Gasteiger charge is 2.27. The van der Waals surface area contributed by atoms with Gasteiger partial charge in [0.1, 0.15) is 12.1 Å². The third-order valence-electron chi connectivity index (χ3n) is 3.10. The van der Waals surface area contributed by atoms with Gasteiger partial charge >= 0.3 is 5.97 Å². The van der Waals surface area contributed by atoms with Gasteiger partial charge in [-0.2, -0.15) is 24.4 Å². The van der Waals surface area contributed by atoms with Gasteiger partial charge in [0.25, 0.3) is 0 Å². The highest BCUT2D eigenvalue weighted by atomic mass is 32.2. The first-order valence-electron chi connectivity index (χ1n) is 7.41. The number of hydrogen-bond acceptors (Lipinski definition) is 6. The second-order valence-electron chi connectivity index (χ2n) is 5.66. The van der Waals surface area contributed by atoms with E-state index in [9.17, 15) is 19.5 Å². The molecule has 0 radical (unpaired) electrons. The van der Waals surface area contributed by atoms with Crippen LogP contribution in [0.3, 0.4) is 0 Å². The van der Waals surface area contributed by atoms with Gasteiger partial charge in [0.2, 0.25) is 11.8 Å². The molecule has 134 valence electrons. The van der Waals surface area contributed by atoms with Crippen molar-refractivity contribution in [2.24, 2.45) is 11.7 Å². The summed E-state index contributed by atoms with van der Waals surface area (Å²) in [6.07, 6.45) is 2.60. The van der Waals surface area contributed by atoms with E-state index in [2.05, 4.69) is 23.3 Å². The zero-order chi connectivity index (χ0) is 18.0. The van der Waals surface area contributed by atoms with Gasteiger partial charge in [-0.15, -0.1) is 0 Å². The fourth-order valence-electron chi connectivity index (χ4n) is 1.83. The van der Waals surface area contributed by atoms with E-state index < -0.39 is 35.9 Å². The number of nitrogens with one attached hydrogen (secondary N) is 2. The maximum atomic E-state index is 12.3. The summed E-state index contributed by atoms with van der Waals surface area (Å²) in [7, 11) is 0. The van der Waals surface area contributed by atoms with Crippen LogP contribution in [0.2, 0.25) is 0 Å². The lowest BCUT2D eigenvalue weighted by Crippen LogP contribution is -2.55. The first-order valence-corrected chi connectivity index (χ1v) is 9.44. The summed E-state index contributed by atoms with van der Waals surface area (Å²) in [5.74, 6) is -1.14. The van der Waals surface area contributed by atoms with E-state index in [4.69, 9.17) is 5.73 Å². The predicted molar refractivity (Wildman–Crippen MR) is 95.8 cm³/mol. The van der Waals surface area contributed by atoms with Gasteiger partial charge in [-0.05, 0) is 30.8 Å². The average Bonchev–Trinajstić information content (AvgIpc) is 2.48. The molecule has 0 rings (SSSR count). The fraction of sp³-hybridized carbons (Fsp3) is 0.786. The lowest BCUT2D eigenvalue weighted by Gasteiger charge is -2.23. The highest BCUT2D eigenvalue weighted by molar-refractivity contribution is 7.98. The summed E-state index contributed by atoms with van der Waals surface area (Å²) < 4.78 is 0. The molecule has 0 aromatic carbocycles. The maximum Gasteiger partial charge on any atom is 0.326 e. The molecule has 0 aliphatic rings. The van der Waals surface area contributed by atoms with E-state index in [1.54, 1.807) is 0 Å². The zero-order valence-corrected chi connectivity index (χ0v) is 15.5. The van der Waals surface area contributed by atoms with Crippen LogP contribution >= 0.6 is 24.4 Å². The van der Waals surface area contributed by atoms with Crippen molar-refractivity contribution >= 4 is 42.2 Å². The number of carboxylic acids is 1. The Morgan fingerprint density at radius 3 is 2.17 bits per heavy atom. The van der Waals surface area contributed by atoms with E-state index in [1.807, 2.05) is 20.1 Å². The van der Waals surface area contributed by atoms with Crippen LogP contribution in [0.5, 0.6) is 0 Å². The van der Waals surface area contributed by atoms with Gasteiger partial charge in [0.05, 0.1) is 6.04 Å². The van der Waals surface area contributed by atoms with Gasteiger partial charge in [0, 0.05) is 5.75 Å². The highest BCUT2D eigenvalue weighted by Crippen LogP contribution is 2.07. The van der Waals surface area contributed by atoms with Crippen LogP contribution in [0, 0.1) is 5.92 Å². The van der Waals surface area contributed by atoms with Crippen LogP contribution in [0.15, 0.2) is 0 Å². The largest absolute Gasteiger partial charge is 0.480 e. The van der Waals surface area contributed by atoms with Crippen LogP contribution in [-0.4, -0.2) is 58.8 Å². The molecule has 0 saturated heterocycles. The Balaban J connectivity index is 4.89. The molecule has 0 saturated carbocycles. The maximum absolute atomic E-state index is 12.3. The molecule has 0 aromatic rings. The van der Waals surface area contributed by atoms with E-state index in [-0.39, 0.29) is 11.7 Å². The van der Waals surface area contributed by atoms with E-state index >= 15 is 0 Å². The minimum absolute atomic E-state index is 0.119. The summed E-state index contributed by atoms with van der Waals surface area (Å²) >= 11 is 5.48. The first-order chi connectivity index (χ1) is 10.7. The number of nitrogens with two attached hydrogens (primary N) is 1. The molecule has 0 fully saturated rings. The molecule has 5 N–H and O–H groups in total. The second-order valence-corrected chi connectivity index (χ2v) is 7.01. The van der Waals surface area contributed by atoms with Crippen molar-refractivity contribution in [3.05, 3.63) is 0 Å². The number of carbonyl (C=O) groups excluding carboxylic acids is 2. The number of amides is 2. The zero-order valence-electron chi connectivity index (χ0n) is 13.7. The third kappa shape index (κ3) is 9.07. The Morgan fingerprint density at radius 2 is 1.74 bits per heavy atom. The summed E-state index contributed by atoms with van der Waals surface area (Å²) in [4.78, 5) is 35.4.